The van der Waals surface area contributed by atoms with E-state index in [1.165, 1.54) is 16.7 Å². The molecule has 0 bridgehead atoms. The molecular formula is C13H17N3. The van der Waals surface area contributed by atoms with Gasteiger partial charge in [-0.3, -0.25) is 4.68 Å². The second-order valence-electron chi connectivity index (χ2n) is 4.27. The molecule has 2 N–H and O–H groups in total. The van der Waals surface area contributed by atoms with Crippen LogP contribution in [0.15, 0.2) is 24.4 Å². The normalized spacial score (nSPS) is 10.7. The molecule has 0 atom stereocenters. The van der Waals surface area contributed by atoms with Gasteiger partial charge in [0, 0.05) is 11.8 Å². The number of nitrogen functional groups attached to an aromatic ring is 1. The summed E-state index contributed by atoms with van der Waals surface area (Å²) in [5, 5.41) is 4.28. The SMILES string of the molecule is Cc1cn(Cc2c(C)cccc2C)nc1N. The lowest BCUT2D eigenvalue weighted by Crippen LogP contribution is -2.04. The van der Waals surface area contributed by atoms with Gasteiger partial charge in [-0.15, -0.1) is 0 Å². The van der Waals surface area contributed by atoms with Crippen LogP contribution in [-0.2, 0) is 6.54 Å². The molecule has 16 heavy (non-hydrogen) atoms. The summed E-state index contributed by atoms with van der Waals surface area (Å²) in [5.41, 5.74) is 10.7. The molecule has 0 saturated heterocycles. The van der Waals surface area contributed by atoms with E-state index in [1.54, 1.807) is 0 Å². The lowest BCUT2D eigenvalue weighted by Gasteiger charge is -2.09. The van der Waals surface area contributed by atoms with Crippen molar-refractivity contribution in [3.05, 3.63) is 46.6 Å². The largest absolute Gasteiger partial charge is 0.382 e. The highest BCUT2D eigenvalue weighted by Gasteiger charge is 2.05. The fourth-order valence-electron chi connectivity index (χ4n) is 1.88. The molecule has 0 aliphatic carbocycles. The minimum atomic E-state index is 0.617. The Morgan fingerprint density at radius 3 is 2.25 bits per heavy atom. The Balaban J connectivity index is 2.33. The zero-order valence-electron chi connectivity index (χ0n) is 9.99. The average Bonchev–Trinajstić information content (AvgIpc) is 2.53. The number of anilines is 1. The van der Waals surface area contributed by atoms with E-state index in [2.05, 4.69) is 37.1 Å². The average molecular weight is 215 g/mol. The van der Waals surface area contributed by atoms with Gasteiger partial charge in [-0.25, -0.2) is 0 Å². The predicted molar refractivity (Wildman–Crippen MR) is 66.4 cm³/mol. The first-order chi connectivity index (χ1) is 7.58. The number of nitrogens with two attached hydrogens (primary N) is 1. The lowest BCUT2D eigenvalue weighted by atomic mass is 10.0. The monoisotopic (exact) mass is 215 g/mol. The van der Waals surface area contributed by atoms with E-state index in [0.29, 0.717) is 5.82 Å². The maximum absolute atomic E-state index is 5.74. The van der Waals surface area contributed by atoms with E-state index in [0.717, 1.165) is 12.1 Å². The van der Waals surface area contributed by atoms with Crippen LogP contribution in [0.1, 0.15) is 22.3 Å². The Morgan fingerprint density at radius 1 is 1.12 bits per heavy atom. The number of benzene rings is 1. The van der Waals surface area contributed by atoms with E-state index in [9.17, 15) is 0 Å². The molecule has 0 aliphatic rings. The minimum absolute atomic E-state index is 0.617. The van der Waals surface area contributed by atoms with Crippen molar-refractivity contribution in [1.29, 1.82) is 0 Å². The standard InChI is InChI=1S/C13H17N3/c1-9-5-4-6-10(2)12(9)8-16-7-11(3)13(14)15-16/h4-7H,8H2,1-3H3,(H2,14,15). The zero-order valence-corrected chi connectivity index (χ0v) is 9.99. The summed E-state index contributed by atoms with van der Waals surface area (Å²) < 4.78 is 1.90. The molecule has 0 spiro atoms. The molecule has 1 aromatic heterocycles. The molecule has 84 valence electrons. The minimum Gasteiger partial charge on any atom is -0.382 e. The summed E-state index contributed by atoms with van der Waals surface area (Å²) in [6.07, 6.45) is 1.99. The second kappa shape index (κ2) is 4.00. The van der Waals surface area contributed by atoms with Crippen LogP contribution in [0.4, 0.5) is 5.82 Å². The van der Waals surface area contributed by atoms with Gasteiger partial charge < -0.3 is 5.73 Å². The van der Waals surface area contributed by atoms with Crippen molar-refractivity contribution in [3.63, 3.8) is 0 Å². The molecular weight excluding hydrogens is 198 g/mol. The van der Waals surface area contributed by atoms with Crippen LogP contribution < -0.4 is 5.73 Å². The molecule has 1 heterocycles. The van der Waals surface area contributed by atoms with Crippen molar-refractivity contribution >= 4 is 5.82 Å². The van der Waals surface area contributed by atoms with Crippen molar-refractivity contribution in [3.8, 4) is 0 Å². The molecule has 0 aliphatic heterocycles. The summed E-state index contributed by atoms with van der Waals surface area (Å²) in [6, 6.07) is 6.33. The van der Waals surface area contributed by atoms with Crippen molar-refractivity contribution in [2.75, 3.05) is 5.73 Å². The summed E-state index contributed by atoms with van der Waals surface area (Å²) in [6.45, 7) is 7.02. The second-order valence-corrected chi connectivity index (χ2v) is 4.27. The molecule has 0 amide bonds. The first-order valence-corrected chi connectivity index (χ1v) is 5.42. The molecule has 1 aromatic carbocycles. The van der Waals surface area contributed by atoms with Gasteiger partial charge in [-0.1, -0.05) is 18.2 Å². The van der Waals surface area contributed by atoms with Crippen molar-refractivity contribution in [1.82, 2.24) is 9.78 Å². The fraction of sp³-hybridized carbons (Fsp3) is 0.308. The van der Waals surface area contributed by atoms with Gasteiger partial charge in [0.1, 0.15) is 5.82 Å². The van der Waals surface area contributed by atoms with Crippen LogP contribution in [0.3, 0.4) is 0 Å². The van der Waals surface area contributed by atoms with Gasteiger partial charge in [0.15, 0.2) is 0 Å². The molecule has 0 fully saturated rings. The molecule has 0 unspecified atom stereocenters. The van der Waals surface area contributed by atoms with Crippen LogP contribution in [-0.4, -0.2) is 9.78 Å². The van der Waals surface area contributed by atoms with E-state index in [4.69, 9.17) is 5.73 Å². The van der Waals surface area contributed by atoms with Crippen molar-refractivity contribution in [2.45, 2.75) is 27.3 Å². The van der Waals surface area contributed by atoms with Crippen LogP contribution >= 0.6 is 0 Å². The van der Waals surface area contributed by atoms with E-state index in [-0.39, 0.29) is 0 Å². The maximum atomic E-state index is 5.74. The molecule has 0 saturated carbocycles. The number of nitrogens with zero attached hydrogens (tertiary/aromatic N) is 2. The highest BCUT2D eigenvalue weighted by molar-refractivity contribution is 5.37. The van der Waals surface area contributed by atoms with Crippen LogP contribution in [0, 0.1) is 20.8 Å². The molecule has 0 radical (unpaired) electrons. The zero-order chi connectivity index (χ0) is 11.7. The molecule has 2 rings (SSSR count). The van der Waals surface area contributed by atoms with Gasteiger partial charge in [0.05, 0.1) is 6.54 Å². The van der Waals surface area contributed by atoms with Crippen molar-refractivity contribution in [2.24, 2.45) is 0 Å². The summed E-state index contributed by atoms with van der Waals surface area (Å²) in [5.74, 6) is 0.617. The van der Waals surface area contributed by atoms with Gasteiger partial charge in [0.2, 0.25) is 0 Å². The Bertz CT molecular complexity index is 472. The van der Waals surface area contributed by atoms with Gasteiger partial charge >= 0.3 is 0 Å². The summed E-state index contributed by atoms with van der Waals surface area (Å²) in [7, 11) is 0. The Kier molecular flexibility index (Phi) is 2.69. The van der Waals surface area contributed by atoms with Crippen molar-refractivity contribution < 1.29 is 0 Å². The third-order valence-electron chi connectivity index (χ3n) is 2.95. The van der Waals surface area contributed by atoms with E-state index in [1.807, 2.05) is 17.8 Å². The molecule has 3 heteroatoms. The van der Waals surface area contributed by atoms with Gasteiger partial charge in [-0.2, -0.15) is 5.10 Å². The van der Waals surface area contributed by atoms with Crippen LogP contribution in [0.25, 0.3) is 0 Å². The maximum Gasteiger partial charge on any atom is 0.148 e. The number of hydrogen-bond acceptors (Lipinski definition) is 2. The van der Waals surface area contributed by atoms with Gasteiger partial charge in [0.25, 0.3) is 0 Å². The Labute approximate surface area is 95.9 Å². The third kappa shape index (κ3) is 1.94. The van der Waals surface area contributed by atoms with Crippen LogP contribution in [0.5, 0.6) is 0 Å². The number of rotatable bonds is 2. The number of aromatic nitrogens is 2. The quantitative estimate of drug-likeness (QED) is 0.836. The van der Waals surface area contributed by atoms with Gasteiger partial charge in [-0.05, 0) is 37.5 Å². The summed E-state index contributed by atoms with van der Waals surface area (Å²) in [4.78, 5) is 0. The molecule has 2 aromatic rings. The lowest BCUT2D eigenvalue weighted by molar-refractivity contribution is 0.684. The molecule has 3 nitrogen and oxygen atoms in total. The van der Waals surface area contributed by atoms with E-state index >= 15 is 0 Å². The third-order valence-corrected chi connectivity index (χ3v) is 2.95. The number of hydrogen-bond donors (Lipinski definition) is 1. The van der Waals surface area contributed by atoms with Crippen LogP contribution in [0.2, 0.25) is 0 Å². The van der Waals surface area contributed by atoms with E-state index < -0.39 is 0 Å². The summed E-state index contributed by atoms with van der Waals surface area (Å²) >= 11 is 0. The first kappa shape index (κ1) is 10.7. The predicted octanol–water partition coefficient (Wildman–Crippen LogP) is 2.44. The topological polar surface area (TPSA) is 43.8 Å². The highest BCUT2D eigenvalue weighted by atomic mass is 15.3. The first-order valence-electron chi connectivity index (χ1n) is 5.42. The highest BCUT2D eigenvalue weighted by Crippen LogP contribution is 2.16. The number of aryl methyl sites for hydroxylation is 3. The Morgan fingerprint density at radius 2 is 1.75 bits per heavy atom. The Hall–Kier alpha value is -1.77. The fourth-order valence-corrected chi connectivity index (χ4v) is 1.88. The smallest absolute Gasteiger partial charge is 0.148 e.